The van der Waals surface area contributed by atoms with Crippen molar-refractivity contribution in [3.8, 4) is 0 Å². The molecule has 0 aromatic carbocycles. The van der Waals surface area contributed by atoms with Crippen LogP contribution in [0.25, 0.3) is 0 Å². The molecule has 0 saturated carbocycles. The summed E-state index contributed by atoms with van der Waals surface area (Å²) >= 11 is 5.17. The van der Waals surface area contributed by atoms with Crippen LogP contribution in [0.15, 0.2) is 12.4 Å². The predicted molar refractivity (Wildman–Crippen MR) is 51.0 cm³/mol. The van der Waals surface area contributed by atoms with E-state index >= 15 is 0 Å². The van der Waals surface area contributed by atoms with Gasteiger partial charge in [0.05, 0.1) is 6.61 Å². The average Bonchev–Trinajstić information content (AvgIpc) is 1.98. The number of phosphoric acid groups is 1. The van der Waals surface area contributed by atoms with Crippen molar-refractivity contribution in [3.05, 3.63) is 12.4 Å². The lowest BCUT2D eigenvalue weighted by atomic mass is 10.9. The summed E-state index contributed by atoms with van der Waals surface area (Å²) in [5.74, 6) is 1.08. The van der Waals surface area contributed by atoms with Crippen LogP contribution in [0.1, 0.15) is 0 Å². The maximum atomic E-state index is 10.5. The van der Waals surface area contributed by atoms with Gasteiger partial charge in [-0.25, -0.2) is 4.57 Å². The molecule has 0 heterocycles. The van der Waals surface area contributed by atoms with Gasteiger partial charge in [-0.1, -0.05) is 6.58 Å². The van der Waals surface area contributed by atoms with E-state index in [0.29, 0.717) is 0 Å². The van der Waals surface area contributed by atoms with Gasteiger partial charge in [0, 0.05) is 11.7 Å². The Labute approximate surface area is 85.8 Å². The van der Waals surface area contributed by atoms with E-state index in [1.807, 2.05) is 0 Å². The van der Waals surface area contributed by atoms with Gasteiger partial charge in [-0.2, -0.15) is 0 Å². The number of hydrogen-bond donors (Lipinski definition) is 4. The third kappa shape index (κ3) is 22.8. The highest BCUT2D eigenvalue weighted by molar-refractivity contribution is 7.56. The van der Waals surface area contributed by atoms with Crippen molar-refractivity contribution in [2.75, 3.05) is 12.5 Å². The third-order valence-electron chi connectivity index (χ3n) is 0.584. The Morgan fingerprint density at radius 2 is 1.64 bits per heavy atom. The van der Waals surface area contributed by atoms with Gasteiger partial charge in [-0.15, -0.1) is 11.6 Å². The minimum Gasteiger partial charge on any atom is -0.321 e. The van der Waals surface area contributed by atoms with Gasteiger partial charge in [-0.3, -0.25) is 4.57 Å². The van der Waals surface area contributed by atoms with Gasteiger partial charge in [0.2, 0.25) is 0 Å². The Balaban J connectivity index is 0. The first-order valence-electron chi connectivity index (χ1n) is 3.07. The molecule has 0 aliphatic carbocycles. The monoisotopic (exact) mass is 268 g/mol. The Morgan fingerprint density at radius 1 is 1.29 bits per heavy atom. The molecule has 0 radical (unpaired) electrons. The number of alkyl halides is 1. The van der Waals surface area contributed by atoms with Crippen molar-refractivity contribution in [1.82, 2.24) is 0 Å². The Morgan fingerprint density at radius 3 is 1.86 bits per heavy atom. The van der Waals surface area contributed by atoms with Crippen LogP contribution in [0.3, 0.4) is 0 Å². The fraction of sp³-hybridized carbons (Fsp3) is 0.500. The first-order valence-corrected chi connectivity index (χ1v) is 6.82. The van der Waals surface area contributed by atoms with E-state index in [9.17, 15) is 4.57 Å². The molecule has 0 aromatic rings. The van der Waals surface area contributed by atoms with Crippen LogP contribution in [-0.4, -0.2) is 32.1 Å². The minimum absolute atomic E-state index is 0.0708. The second kappa shape index (κ2) is 7.56. The van der Waals surface area contributed by atoms with Crippen molar-refractivity contribution in [2.45, 2.75) is 0 Å². The molecule has 14 heavy (non-hydrogen) atoms. The van der Waals surface area contributed by atoms with Crippen LogP contribution in [0.4, 0.5) is 0 Å². The molecular formula is C4H11ClO7P2. The maximum absolute atomic E-state index is 10.5. The lowest BCUT2D eigenvalue weighted by molar-refractivity contribution is 0.275. The zero-order valence-corrected chi connectivity index (χ0v) is 9.53. The summed E-state index contributed by atoms with van der Waals surface area (Å²) in [5, 5.41) is 0. The van der Waals surface area contributed by atoms with Gasteiger partial charge in [-0.05, 0) is 0 Å². The smallest absolute Gasteiger partial charge is 0.321 e. The van der Waals surface area contributed by atoms with E-state index in [1.165, 1.54) is 0 Å². The normalized spacial score (nSPS) is 14.9. The highest BCUT2D eigenvalue weighted by atomic mass is 35.5. The molecule has 0 aliphatic heterocycles. The topological polar surface area (TPSA) is 124 Å². The molecule has 0 spiro atoms. The van der Waals surface area contributed by atoms with Crippen LogP contribution < -0.4 is 0 Å². The quantitative estimate of drug-likeness (QED) is 0.435. The SMILES string of the molecule is C=CP(=O)(O)OCCCl.O=P(O)(O)O. The summed E-state index contributed by atoms with van der Waals surface area (Å²) in [5.41, 5.74) is 0. The van der Waals surface area contributed by atoms with Crippen molar-refractivity contribution in [2.24, 2.45) is 0 Å². The molecule has 7 nitrogen and oxygen atoms in total. The van der Waals surface area contributed by atoms with E-state index in [-0.39, 0.29) is 12.5 Å². The molecular weight excluding hydrogens is 257 g/mol. The summed E-state index contributed by atoms with van der Waals surface area (Å²) in [6, 6.07) is 0. The second-order valence-electron chi connectivity index (χ2n) is 1.78. The van der Waals surface area contributed by atoms with Crippen LogP contribution in [0.2, 0.25) is 0 Å². The van der Waals surface area contributed by atoms with Gasteiger partial charge < -0.3 is 24.1 Å². The molecule has 1 unspecified atom stereocenters. The van der Waals surface area contributed by atoms with Crippen LogP contribution >= 0.6 is 27.0 Å². The summed E-state index contributed by atoms with van der Waals surface area (Å²) in [6.07, 6.45) is 0. The summed E-state index contributed by atoms with van der Waals surface area (Å²) in [4.78, 5) is 30.2. The average molecular weight is 269 g/mol. The molecule has 0 amide bonds. The standard InChI is InChI=1S/C4H8ClO3P.H3O4P/c1-2-9(6,7)8-4-3-5;1-5(2,3)4/h2H,1,3-4H2,(H,6,7);(H3,1,2,3,4). The van der Waals surface area contributed by atoms with Crippen molar-refractivity contribution in [3.63, 3.8) is 0 Å². The maximum Gasteiger partial charge on any atom is 0.466 e. The lowest BCUT2D eigenvalue weighted by Crippen LogP contribution is -1.90. The lowest BCUT2D eigenvalue weighted by Gasteiger charge is -2.03. The van der Waals surface area contributed by atoms with Crippen LogP contribution in [0.5, 0.6) is 0 Å². The third-order valence-corrected chi connectivity index (χ3v) is 1.75. The molecule has 0 fully saturated rings. The summed E-state index contributed by atoms with van der Waals surface area (Å²) in [6.45, 7) is 3.17. The highest BCUT2D eigenvalue weighted by Crippen LogP contribution is 2.42. The minimum atomic E-state index is -4.64. The molecule has 4 N–H and O–H groups in total. The number of halogens is 1. The molecule has 86 valence electrons. The van der Waals surface area contributed by atoms with E-state index in [2.05, 4.69) is 11.1 Å². The van der Waals surface area contributed by atoms with E-state index < -0.39 is 15.4 Å². The molecule has 10 heteroatoms. The van der Waals surface area contributed by atoms with Crippen molar-refractivity contribution < 1.29 is 33.2 Å². The highest BCUT2D eigenvalue weighted by Gasteiger charge is 2.11. The zero-order valence-electron chi connectivity index (χ0n) is 6.98. The fourth-order valence-corrected chi connectivity index (χ4v) is 0.861. The molecule has 0 rings (SSSR count). The van der Waals surface area contributed by atoms with E-state index in [1.54, 1.807) is 0 Å². The first kappa shape index (κ1) is 16.7. The van der Waals surface area contributed by atoms with Gasteiger partial charge in [0.1, 0.15) is 0 Å². The Hall–Kier alpha value is 0.290. The first-order chi connectivity index (χ1) is 6.12. The van der Waals surface area contributed by atoms with E-state index in [4.69, 9.17) is 35.7 Å². The Kier molecular flexibility index (Phi) is 9.03. The van der Waals surface area contributed by atoms with Crippen LogP contribution in [0, 0.1) is 0 Å². The van der Waals surface area contributed by atoms with Gasteiger partial charge >= 0.3 is 15.4 Å². The zero-order chi connectivity index (χ0) is 11.8. The molecule has 1 atom stereocenters. The Bertz CT molecular complexity index is 240. The number of hydrogen-bond acceptors (Lipinski definition) is 3. The molecule has 0 saturated heterocycles. The fourth-order valence-electron chi connectivity index (χ4n) is 0.218. The van der Waals surface area contributed by atoms with Gasteiger partial charge in [0.15, 0.2) is 0 Å². The predicted octanol–water partition coefficient (Wildman–Crippen LogP) is 0.642. The second-order valence-corrected chi connectivity index (χ2v) is 4.94. The summed E-state index contributed by atoms with van der Waals surface area (Å²) in [7, 11) is -8.15. The van der Waals surface area contributed by atoms with Crippen LogP contribution in [-0.2, 0) is 13.7 Å². The van der Waals surface area contributed by atoms with Crippen molar-refractivity contribution >= 4 is 27.0 Å². The molecule has 0 aliphatic rings. The number of rotatable bonds is 4. The molecule has 0 bridgehead atoms. The van der Waals surface area contributed by atoms with Crippen molar-refractivity contribution in [1.29, 1.82) is 0 Å². The largest absolute Gasteiger partial charge is 0.466 e. The summed E-state index contributed by atoms with van der Waals surface area (Å²) < 4.78 is 23.8. The molecule has 0 aromatic heterocycles. The van der Waals surface area contributed by atoms with Gasteiger partial charge in [0.25, 0.3) is 0 Å². The van der Waals surface area contributed by atoms with E-state index in [0.717, 1.165) is 5.82 Å².